The van der Waals surface area contributed by atoms with Gasteiger partial charge >= 0.3 is 0 Å². The largest absolute Gasteiger partial charge is 0.503 e. The number of phenols is 1. The summed E-state index contributed by atoms with van der Waals surface area (Å²) in [4.78, 5) is 0. The third-order valence-electron chi connectivity index (χ3n) is 2.44. The maximum absolute atomic E-state index is 9.66. The Bertz CT molecular complexity index is 359. The second kappa shape index (κ2) is 7.53. The highest BCUT2D eigenvalue weighted by atomic mass is 79.9. The number of rotatable bonds is 7. The van der Waals surface area contributed by atoms with E-state index in [1.165, 1.54) is 0 Å². The predicted octanol–water partition coefficient (Wildman–Crippen LogP) is 1.99. The Labute approximate surface area is 110 Å². The topological polar surface area (TPSA) is 67.5 Å². The first-order valence-corrected chi connectivity index (χ1v) is 6.44. The van der Waals surface area contributed by atoms with Crippen molar-refractivity contribution < 1.29 is 9.84 Å². The van der Waals surface area contributed by atoms with Crippen LogP contribution < -0.4 is 15.8 Å². The number of halogens is 1. The maximum Gasteiger partial charge on any atom is 0.172 e. The van der Waals surface area contributed by atoms with Gasteiger partial charge < -0.3 is 20.9 Å². The summed E-state index contributed by atoms with van der Waals surface area (Å²) in [5.74, 6) is 0.623. The number of unbranched alkanes of at least 4 members (excludes halogenated alkanes) is 1. The van der Waals surface area contributed by atoms with Gasteiger partial charge in [-0.3, -0.25) is 0 Å². The van der Waals surface area contributed by atoms with Crippen molar-refractivity contribution in [3.05, 3.63) is 22.2 Å². The summed E-state index contributed by atoms with van der Waals surface area (Å²) in [5, 5.41) is 13.0. The Morgan fingerprint density at radius 2 is 2.18 bits per heavy atom. The van der Waals surface area contributed by atoms with Crippen molar-refractivity contribution in [3.63, 3.8) is 0 Å². The van der Waals surface area contributed by atoms with E-state index in [0.717, 1.165) is 38.0 Å². The van der Waals surface area contributed by atoms with Crippen LogP contribution in [0.1, 0.15) is 18.4 Å². The minimum Gasteiger partial charge on any atom is -0.503 e. The van der Waals surface area contributed by atoms with Gasteiger partial charge in [-0.1, -0.05) is 0 Å². The van der Waals surface area contributed by atoms with Crippen LogP contribution in [-0.4, -0.2) is 25.3 Å². The zero-order valence-corrected chi connectivity index (χ0v) is 11.6. The van der Waals surface area contributed by atoms with Crippen molar-refractivity contribution in [1.82, 2.24) is 5.32 Å². The van der Waals surface area contributed by atoms with Crippen LogP contribution in [-0.2, 0) is 6.54 Å². The number of phenolic OH excluding ortho intramolecular Hbond substituents is 1. The summed E-state index contributed by atoms with van der Waals surface area (Å²) in [6.45, 7) is 2.43. The molecular formula is C12H19BrN2O2. The lowest BCUT2D eigenvalue weighted by atomic mass is 10.2. The molecule has 4 N–H and O–H groups in total. The van der Waals surface area contributed by atoms with Crippen LogP contribution in [0.3, 0.4) is 0 Å². The van der Waals surface area contributed by atoms with Gasteiger partial charge in [-0.05, 0) is 59.6 Å². The Balaban J connectivity index is 2.51. The van der Waals surface area contributed by atoms with E-state index in [4.69, 9.17) is 10.5 Å². The molecule has 96 valence electrons. The Hall–Kier alpha value is -0.780. The molecule has 4 nitrogen and oxygen atoms in total. The normalized spacial score (nSPS) is 10.5. The third-order valence-corrected chi connectivity index (χ3v) is 3.05. The zero-order valence-electron chi connectivity index (χ0n) is 10.0. The number of nitrogens with two attached hydrogens (primary N) is 1. The van der Waals surface area contributed by atoms with Gasteiger partial charge in [0.15, 0.2) is 11.5 Å². The average Bonchev–Trinajstić information content (AvgIpc) is 2.33. The summed E-state index contributed by atoms with van der Waals surface area (Å²) in [7, 11) is 1.54. The summed E-state index contributed by atoms with van der Waals surface area (Å²) in [6, 6.07) is 3.71. The molecule has 0 unspecified atom stereocenters. The number of benzene rings is 1. The molecule has 1 aromatic rings. The van der Waals surface area contributed by atoms with Crippen LogP contribution >= 0.6 is 15.9 Å². The van der Waals surface area contributed by atoms with Crippen LogP contribution in [0.25, 0.3) is 0 Å². The first-order chi connectivity index (χ1) is 8.19. The second-order valence-electron chi connectivity index (χ2n) is 3.80. The second-order valence-corrected chi connectivity index (χ2v) is 4.66. The quantitative estimate of drug-likeness (QED) is 0.674. The van der Waals surface area contributed by atoms with Crippen molar-refractivity contribution >= 4 is 15.9 Å². The van der Waals surface area contributed by atoms with Gasteiger partial charge in [-0.25, -0.2) is 0 Å². The first-order valence-electron chi connectivity index (χ1n) is 5.65. The summed E-state index contributed by atoms with van der Waals surface area (Å²) >= 11 is 3.30. The standard InChI is InChI=1S/C12H19BrN2O2/c1-17-11-7-9(6-10(13)12(11)16)8-15-5-3-2-4-14/h6-7,15-16H,2-5,8,14H2,1H3. The van der Waals surface area contributed by atoms with Crippen molar-refractivity contribution in [2.45, 2.75) is 19.4 Å². The van der Waals surface area contributed by atoms with Gasteiger partial charge in [-0.2, -0.15) is 0 Å². The van der Waals surface area contributed by atoms with Crippen molar-refractivity contribution in [3.8, 4) is 11.5 Å². The summed E-state index contributed by atoms with van der Waals surface area (Å²) in [6.07, 6.45) is 2.11. The molecule has 0 aliphatic heterocycles. The molecule has 1 aromatic carbocycles. The van der Waals surface area contributed by atoms with Gasteiger partial charge in [0.1, 0.15) is 0 Å². The summed E-state index contributed by atoms with van der Waals surface area (Å²) in [5.41, 5.74) is 6.49. The molecule has 0 saturated carbocycles. The van der Waals surface area contributed by atoms with E-state index in [9.17, 15) is 5.11 Å². The first kappa shape index (κ1) is 14.3. The van der Waals surface area contributed by atoms with Crippen LogP contribution in [0.2, 0.25) is 0 Å². The smallest absolute Gasteiger partial charge is 0.172 e. The minimum absolute atomic E-state index is 0.138. The molecule has 0 aliphatic rings. The molecule has 0 bridgehead atoms. The third kappa shape index (κ3) is 4.53. The van der Waals surface area contributed by atoms with Crippen LogP contribution in [0.4, 0.5) is 0 Å². The Kier molecular flexibility index (Phi) is 6.32. The maximum atomic E-state index is 9.66. The van der Waals surface area contributed by atoms with Gasteiger partial charge in [0.2, 0.25) is 0 Å². The van der Waals surface area contributed by atoms with Crippen LogP contribution in [0, 0.1) is 0 Å². The number of methoxy groups -OCH3 is 1. The Morgan fingerprint density at radius 3 is 2.82 bits per heavy atom. The van der Waals surface area contributed by atoms with E-state index in [1.807, 2.05) is 12.1 Å². The fourth-order valence-corrected chi connectivity index (χ4v) is 2.00. The van der Waals surface area contributed by atoms with E-state index in [2.05, 4.69) is 21.2 Å². The van der Waals surface area contributed by atoms with E-state index >= 15 is 0 Å². The highest BCUT2D eigenvalue weighted by Gasteiger charge is 2.07. The van der Waals surface area contributed by atoms with Crippen molar-refractivity contribution in [1.29, 1.82) is 0 Å². The average molecular weight is 303 g/mol. The fourth-order valence-electron chi connectivity index (χ4n) is 1.51. The lowest BCUT2D eigenvalue weighted by Crippen LogP contribution is -2.15. The molecule has 0 aliphatic carbocycles. The zero-order chi connectivity index (χ0) is 12.7. The van der Waals surface area contributed by atoms with Crippen molar-refractivity contribution in [2.24, 2.45) is 5.73 Å². The lowest BCUT2D eigenvalue weighted by molar-refractivity contribution is 0.371. The molecule has 0 fully saturated rings. The number of ether oxygens (including phenoxy) is 1. The number of hydrogen-bond donors (Lipinski definition) is 3. The van der Waals surface area contributed by atoms with Gasteiger partial charge in [0.05, 0.1) is 11.6 Å². The highest BCUT2D eigenvalue weighted by Crippen LogP contribution is 2.35. The monoisotopic (exact) mass is 302 g/mol. The van der Waals surface area contributed by atoms with E-state index in [-0.39, 0.29) is 5.75 Å². The fraction of sp³-hybridized carbons (Fsp3) is 0.500. The molecule has 0 aromatic heterocycles. The molecular weight excluding hydrogens is 284 g/mol. The predicted molar refractivity (Wildman–Crippen MR) is 72.4 cm³/mol. The molecule has 1 rings (SSSR count). The SMILES string of the molecule is COc1cc(CNCCCCN)cc(Br)c1O. The van der Waals surface area contributed by atoms with Crippen LogP contribution in [0.5, 0.6) is 11.5 Å². The lowest BCUT2D eigenvalue weighted by Gasteiger charge is -2.09. The van der Waals surface area contributed by atoms with E-state index in [0.29, 0.717) is 10.2 Å². The Morgan fingerprint density at radius 1 is 1.41 bits per heavy atom. The molecule has 0 heterocycles. The van der Waals surface area contributed by atoms with Crippen LogP contribution in [0.15, 0.2) is 16.6 Å². The minimum atomic E-state index is 0.138. The molecule has 0 amide bonds. The molecule has 5 heteroatoms. The molecule has 0 atom stereocenters. The van der Waals surface area contributed by atoms with E-state index < -0.39 is 0 Å². The molecule has 0 saturated heterocycles. The number of hydrogen-bond acceptors (Lipinski definition) is 4. The molecule has 0 radical (unpaired) electrons. The number of aromatic hydroxyl groups is 1. The molecule has 0 spiro atoms. The van der Waals surface area contributed by atoms with Gasteiger partial charge in [0, 0.05) is 6.54 Å². The highest BCUT2D eigenvalue weighted by molar-refractivity contribution is 9.10. The van der Waals surface area contributed by atoms with Gasteiger partial charge in [-0.15, -0.1) is 0 Å². The summed E-state index contributed by atoms with van der Waals surface area (Å²) < 4.78 is 5.74. The molecule has 17 heavy (non-hydrogen) atoms. The number of nitrogens with one attached hydrogen (secondary N) is 1. The van der Waals surface area contributed by atoms with Crippen molar-refractivity contribution in [2.75, 3.05) is 20.2 Å². The van der Waals surface area contributed by atoms with E-state index in [1.54, 1.807) is 7.11 Å². The van der Waals surface area contributed by atoms with Gasteiger partial charge in [0.25, 0.3) is 0 Å².